The Bertz CT molecular complexity index is 647. The number of alkyl halides is 3. The fourth-order valence-corrected chi connectivity index (χ4v) is 3.04. The molecule has 0 aromatic carbocycles. The zero-order valence-electron chi connectivity index (χ0n) is 13.8. The highest BCUT2D eigenvalue weighted by atomic mass is 19.4. The predicted molar refractivity (Wildman–Crippen MR) is 83.6 cm³/mol. The van der Waals surface area contributed by atoms with Crippen molar-refractivity contribution in [3.8, 4) is 0 Å². The summed E-state index contributed by atoms with van der Waals surface area (Å²) in [6.07, 6.45) is 1.69. The Kier molecular flexibility index (Phi) is 4.15. The normalized spacial score (nSPS) is 29.2. The SMILES string of the molecule is CC[C@@H]1COC2=CC(C(F)(F)F)=CC3=C(OC(C)C)C=CNC23N1. The number of halogens is 3. The van der Waals surface area contributed by atoms with E-state index >= 15 is 0 Å². The minimum absolute atomic E-state index is 0.0253. The number of hydrogen-bond acceptors (Lipinski definition) is 4. The van der Waals surface area contributed by atoms with Crippen LogP contribution in [0.4, 0.5) is 13.2 Å². The maximum atomic E-state index is 13.3. The first-order valence-electron chi connectivity index (χ1n) is 8.03. The van der Waals surface area contributed by atoms with Gasteiger partial charge < -0.3 is 14.8 Å². The molecule has 1 saturated heterocycles. The molecule has 2 atom stereocenters. The van der Waals surface area contributed by atoms with Gasteiger partial charge in [0.25, 0.3) is 0 Å². The Hall–Kier alpha value is -1.89. The molecule has 0 radical (unpaired) electrons. The maximum absolute atomic E-state index is 13.3. The van der Waals surface area contributed by atoms with Crippen molar-refractivity contribution in [3.05, 3.63) is 47.1 Å². The minimum Gasteiger partial charge on any atom is -0.492 e. The van der Waals surface area contributed by atoms with Gasteiger partial charge in [-0.15, -0.1) is 0 Å². The molecule has 4 nitrogen and oxygen atoms in total. The third kappa shape index (κ3) is 2.81. The van der Waals surface area contributed by atoms with Crippen LogP contribution in [0, 0.1) is 0 Å². The summed E-state index contributed by atoms with van der Waals surface area (Å²) in [5.41, 5.74) is -1.38. The molecular weight excluding hydrogens is 321 g/mol. The van der Waals surface area contributed by atoms with E-state index in [4.69, 9.17) is 9.47 Å². The molecule has 1 unspecified atom stereocenters. The number of nitrogens with one attached hydrogen (secondary N) is 2. The van der Waals surface area contributed by atoms with Crippen molar-refractivity contribution < 1.29 is 22.6 Å². The molecule has 132 valence electrons. The standard InChI is InChI=1S/C17H21F3N2O2/c1-4-12-9-23-15-8-11(17(18,19)20)7-13-14(24-10(2)3)5-6-21-16(13,15)22-12/h5-8,10,12,21-22H,4,9H2,1-3H3/t12-,16?/m1/s1. The van der Waals surface area contributed by atoms with Gasteiger partial charge in [-0.05, 0) is 38.5 Å². The van der Waals surface area contributed by atoms with Crippen LogP contribution < -0.4 is 10.6 Å². The van der Waals surface area contributed by atoms with Crippen molar-refractivity contribution in [1.82, 2.24) is 10.6 Å². The Balaban J connectivity index is 2.14. The molecule has 1 aliphatic carbocycles. The van der Waals surface area contributed by atoms with Crippen molar-refractivity contribution in [1.29, 1.82) is 0 Å². The van der Waals surface area contributed by atoms with Crippen molar-refractivity contribution in [2.45, 2.75) is 51.2 Å². The monoisotopic (exact) mass is 342 g/mol. The van der Waals surface area contributed by atoms with Gasteiger partial charge in [-0.25, -0.2) is 0 Å². The Morgan fingerprint density at radius 3 is 2.75 bits per heavy atom. The van der Waals surface area contributed by atoms with E-state index in [1.165, 1.54) is 0 Å². The van der Waals surface area contributed by atoms with Gasteiger partial charge in [0.2, 0.25) is 0 Å². The molecule has 0 saturated carbocycles. The second kappa shape index (κ2) is 5.88. The van der Waals surface area contributed by atoms with Gasteiger partial charge in [0.1, 0.15) is 18.1 Å². The molecule has 1 fully saturated rings. The molecule has 7 heteroatoms. The number of ether oxygens (including phenoxy) is 2. The van der Waals surface area contributed by atoms with Crippen LogP contribution in [0.2, 0.25) is 0 Å². The highest BCUT2D eigenvalue weighted by Crippen LogP contribution is 2.42. The summed E-state index contributed by atoms with van der Waals surface area (Å²) in [5, 5.41) is 6.53. The lowest BCUT2D eigenvalue weighted by molar-refractivity contribution is -0.0895. The number of rotatable bonds is 3. The van der Waals surface area contributed by atoms with Crippen molar-refractivity contribution in [3.63, 3.8) is 0 Å². The summed E-state index contributed by atoms with van der Waals surface area (Å²) in [5.74, 6) is 0.621. The summed E-state index contributed by atoms with van der Waals surface area (Å²) in [7, 11) is 0. The zero-order chi connectivity index (χ0) is 17.5. The highest BCUT2D eigenvalue weighted by Gasteiger charge is 2.50. The smallest absolute Gasteiger partial charge is 0.416 e. The maximum Gasteiger partial charge on any atom is 0.416 e. The van der Waals surface area contributed by atoms with Crippen LogP contribution in [-0.2, 0) is 9.47 Å². The average Bonchev–Trinajstić information content (AvgIpc) is 2.51. The van der Waals surface area contributed by atoms with E-state index in [9.17, 15) is 13.2 Å². The topological polar surface area (TPSA) is 42.5 Å². The summed E-state index contributed by atoms with van der Waals surface area (Å²) in [6.45, 7) is 6.00. The predicted octanol–water partition coefficient (Wildman–Crippen LogP) is 3.26. The lowest BCUT2D eigenvalue weighted by Gasteiger charge is -2.48. The van der Waals surface area contributed by atoms with Crippen LogP contribution >= 0.6 is 0 Å². The summed E-state index contributed by atoms with van der Waals surface area (Å²) in [6, 6.07) is 0.0253. The van der Waals surface area contributed by atoms with Crippen LogP contribution in [0.15, 0.2) is 47.1 Å². The number of morpholine rings is 1. The molecule has 24 heavy (non-hydrogen) atoms. The molecular formula is C17H21F3N2O2. The molecule has 0 amide bonds. The molecule has 2 heterocycles. The molecule has 0 aromatic rings. The van der Waals surface area contributed by atoms with E-state index in [2.05, 4.69) is 10.6 Å². The Morgan fingerprint density at radius 1 is 1.38 bits per heavy atom. The molecule has 1 spiro atoms. The number of dihydropyridines is 1. The Labute approximate surface area is 139 Å². The van der Waals surface area contributed by atoms with E-state index in [0.717, 1.165) is 18.6 Å². The van der Waals surface area contributed by atoms with Crippen molar-refractivity contribution in [2.24, 2.45) is 0 Å². The molecule has 3 aliphatic rings. The van der Waals surface area contributed by atoms with Gasteiger partial charge >= 0.3 is 6.18 Å². The first kappa shape index (κ1) is 17.0. The quantitative estimate of drug-likeness (QED) is 0.826. The van der Waals surface area contributed by atoms with Crippen LogP contribution in [-0.4, -0.2) is 30.6 Å². The second-order valence-corrected chi connectivity index (χ2v) is 6.34. The molecule has 2 N–H and O–H groups in total. The summed E-state index contributed by atoms with van der Waals surface area (Å²) < 4.78 is 51.3. The zero-order valence-corrected chi connectivity index (χ0v) is 13.8. The average molecular weight is 342 g/mol. The first-order valence-corrected chi connectivity index (χ1v) is 8.03. The van der Waals surface area contributed by atoms with Crippen molar-refractivity contribution in [2.75, 3.05) is 6.61 Å². The van der Waals surface area contributed by atoms with E-state index in [1.54, 1.807) is 12.3 Å². The fraction of sp³-hybridized carbons (Fsp3) is 0.529. The molecule has 0 bridgehead atoms. The Morgan fingerprint density at radius 2 is 2.12 bits per heavy atom. The largest absolute Gasteiger partial charge is 0.492 e. The van der Waals surface area contributed by atoms with Gasteiger partial charge in [0.15, 0.2) is 5.66 Å². The summed E-state index contributed by atoms with van der Waals surface area (Å²) >= 11 is 0. The van der Waals surface area contributed by atoms with Gasteiger partial charge in [0, 0.05) is 17.8 Å². The third-order valence-electron chi connectivity index (χ3n) is 4.20. The van der Waals surface area contributed by atoms with E-state index < -0.39 is 17.4 Å². The fourth-order valence-electron chi connectivity index (χ4n) is 3.04. The number of hydrogen-bond donors (Lipinski definition) is 2. The summed E-state index contributed by atoms with van der Waals surface area (Å²) in [4.78, 5) is 0. The van der Waals surface area contributed by atoms with Gasteiger partial charge in [0.05, 0.1) is 11.7 Å². The molecule has 3 rings (SSSR count). The molecule has 2 aliphatic heterocycles. The van der Waals surface area contributed by atoms with Crippen LogP contribution in [0.1, 0.15) is 27.2 Å². The van der Waals surface area contributed by atoms with Crippen molar-refractivity contribution >= 4 is 0 Å². The van der Waals surface area contributed by atoms with Crippen LogP contribution in [0.25, 0.3) is 0 Å². The minimum atomic E-state index is -4.46. The van der Waals surface area contributed by atoms with Gasteiger partial charge in [-0.3, -0.25) is 5.32 Å². The second-order valence-electron chi connectivity index (χ2n) is 6.34. The van der Waals surface area contributed by atoms with Crippen LogP contribution in [0.5, 0.6) is 0 Å². The van der Waals surface area contributed by atoms with Gasteiger partial charge in [-0.2, -0.15) is 13.2 Å². The number of allylic oxidation sites excluding steroid dienone is 3. The highest BCUT2D eigenvalue weighted by molar-refractivity contribution is 5.55. The third-order valence-corrected chi connectivity index (χ3v) is 4.20. The lowest BCUT2D eigenvalue weighted by atomic mass is 9.84. The first-order chi connectivity index (χ1) is 11.3. The van der Waals surface area contributed by atoms with E-state index in [-0.39, 0.29) is 17.9 Å². The molecule has 0 aromatic heterocycles. The van der Waals surface area contributed by atoms with Crippen LogP contribution in [0.3, 0.4) is 0 Å². The van der Waals surface area contributed by atoms with E-state index in [0.29, 0.717) is 17.9 Å². The van der Waals surface area contributed by atoms with E-state index in [1.807, 2.05) is 20.8 Å². The lowest BCUT2D eigenvalue weighted by Crippen LogP contribution is -2.66. The van der Waals surface area contributed by atoms with Gasteiger partial charge in [-0.1, -0.05) is 6.92 Å².